The van der Waals surface area contributed by atoms with E-state index in [0.29, 0.717) is 0 Å². The van der Waals surface area contributed by atoms with Crippen LogP contribution in [0.2, 0.25) is 0 Å². The summed E-state index contributed by atoms with van der Waals surface area (Å²) in [6, 6.07) is 72.5. The average Bonchev–Trinajstić information content (AvgIpc) is 3.24. The van der Waals surface area contributed by atoms with Crippen LogP contribution < -0.4 is 0 Å². The van der Waals surface area contributed by atoms with Gasteiger partial charge in [0.05, 0.1) is 0 Å². The zero-order chi connectivity index (χ0) is 35.3. The summed E-state index contributed by atoms with van der Waals surface area (Å²) >= 11 is 0. The summed E-state index contributed by atoms with van der Waals surface area (Å²) in [6.07, 6.45) is 0. The number of benzene rings is 12. The van der Waals surface area contributed by atoms with Gasteiger partial charge in [-0.2, -0.15) is 0 Å². The van der Waals surface area contributed by atoms with Crippen LogP contribution in [0.4, 0.5) is 0 Å². The summed E-state index contributed by atoms with van der Waals surface area (Å²) < 4.78 is 0. The van der Waals surface area contributed by atoms with Crippen LogP contribution in [0.5, 0.6) is 0 Å². The Hall–Kier alpha value is -7.02. The second kappa shape index (κ2) is 11.2. The lowest BCUT2D eigenvalue weighted by Crippen LogP contribution is -1.95. The first-order valence-electron chi connectivity index (χ1n) is 18.8. The molecule has 12 aromatic rings. The molecule has 0 aliphatic carbocycles. The summed E-state index contributed by atoms with van der Waals surface area (Å²) in [6.45, 7) is 0. The van der Waals surface area contributed by atoms with Gasteiger partial charge in [0.15, 0.2) is 0 Å². The average molecular weight is 681 g/mol. The molecule has 0 heterocycles. The fraction of sp³-hybridized carbons (Fsp3) is 0. The van der Waals surface area contributed by atoms with Crippen molar-refractivity contribution in [1.29, 1.82) is 0 Å². The third-order valence-electron chi connectivity index (χ3n) is 11.9. The minimum atomic E-state index is 1.21. The second-order valence-corrected chi connectivity index (χ2v) is 14.8. The van der Waals surface area contributed by atoms with E-state index in [4.69, 9.17) is 0 Å². The predicted octanol–water partition coefficient (Wildman–Crippen LogP) is 15.3. The first-order chi connectivity index (χ1) is 26.8. The Bertz CT molecular complexity index is 3370. The Balaban J connectivity index is 1.14. The topological polar surface area (TPSA) is 0 Å². The van der Waals surface area contributed by atoms with Crippen molar-refractivity contribution in [3.05, 3.63) is 194 Å². The van der Waals surface area contributed by atoms with Crippen LogP contribution in [0.25, 0.3) is 120 Å². The molecule has 0 aliphatic heterocycles. The van der Waals surface area contributed by atoms with Crippen molar-refractivity contribution in [2.24, 2.45) is 0 Å². The molecule has 0 saturated carbocycles. The van der Waals surface area contributed by atoms with Crippen LogP contribution in [0.15, 0.2) is 194 Å². The summed E-state index contributed by atoms with van der Waals surface area (Å²) in [5.41, 5.74) is 9.96. The molecule has 0 fully saturated rings. The molecule has 0 heteroatoms. The Morgan fingerprint density at radius 3 is 1.28 bits per heavy atom. The van der Waals surface area contributed by atoms with Gasteiger partial charge in [0.25, 0.3) is 0 Å². The number of rotatable bonds is 4. The number of hydrogen-bond donors (Lipinski definition) is 0. The van der Waals surface area contributed by atoms with Gasteiger partial charge in [-0.25, -0.2) is 0 Å². The van der Waals surface area contributed by atoms with E-state index < -0.39 is 0 Å². The standard InChI is InChI=1S/C54H32/c1-2-8-33(9-3-1)48-32-42-10-4-5-15-44(42)54(47-31-27-41-23-21-36-12-7-14-38-26-30-46(47)52(41)50(36)38)53(48)39-18-16-34(17-19-39)43-28-24-40-22-20-35-11-6-13-37-25-29-45(43)51(40)49(35)37/h1-32H. The highest BCUT2D eigenvalue weighted by atomic mass is 14.2. The Kier molecular flexibility index (Phi) is 6.15. The second-order valence-electron chi connectivity index (χ2n) is 14.8. The van der Waals surface area contributed by atoms with Crippen LogP contribution in [0.1, 0.15) is 0 Å². The summed E-state index contributed by atoms with van der Waals surface area (Å²) in [4.78, 5) is 0. The van der Waals surface area contributed by atoms with Gasteiger partial charge in [0, 0.05) is 0 Å². The SMILES string of the molecule is c1ccc(-c2cc3ccccc3c(-c3ccc4ccc5cccc6ccc3c4c56)c2-c2ccc(-c3ccc4ccc5cccc6ccc3c4c56)cc2)cc1. The van der Waals surface area contributed by atoms with Gasteiger partial charge in [-0.1, -0.05) is 188 Å². The van der Waals surface area contributed by atoms with E-state index in [2.05, 4.69) is 194 Å². The minimum Gasteiger partial charge on any atom is -0.0622 e. The molecule has 12 rings (SSSR count). The molecule has 0 nitrogen and oxygen atoms in total. The molecule has 54 heavy (non-hydrogen) atoms. The Labute approximate surface area is 312 Å². The molecule has 0 aliphatic rings. The first-order valence-corrected chi connectivity index (χ1v) is 18.8. The molecule has 0 saturated heterocycles. The van der Waals surface area contributed by atoms with Crippen molar-refractivity contribution >= 4 is 75.4 Å². The zero-order valence-electron chi connectivity index (χ0n) is 29.5. The maximum atomic E-state index is 2.40. The fourth-order valence-electron chi connectivity index (χ4n) is 9.53. The maximum Gasteiger partial charge on any atom is -0.00143 e. The zero-order valence-corrected chi connectivity index (χ0v) is 29.5. The van der Waals surface area contributed by atoms with Gasteiger partial charge in [-0.05, 0) is 126 Å². The van der Waals surface area contributed by atoms with Crippen LogP contribution >= 0.6 is 0 Å². The van der Waals surface area contributed by atoms with E-state index in [1.165, 1.54) is 120 Å². The normalized spacial score (nSPS) is 12.1. The van der Waals surface area contributed by atoms with Gasteiger partial charge in [-0.3, -0.25) is 0 Å². The van der Waals surface area contributed by atoms with Crippen LogP contribution in [0, 0.1) is 0 Å². The first kappa shape index (κ1) is 29.5. The maximum absolute atomic E-state index is 2.40. The molecule has 0 spiro atoms. The van der Waals surface area contributed by atoms with E-state index in [-0.39, 0.29) is 0 Å². The molecule has 0 radical (unpaired) electrons. The third-order valence-corrected chi connectivity index (χ3v) is 11.9. The van der Waals surface area contributed by atoms with Crippen LogP contribution in [-0.4, -0.2) is 0 Å². The van der Waals surface area contributed by atoms with E-state index in [0.717, 1.165) is 0 Å². The molecule has 0 bridgehead atoms. The lowest BCUT2D eigenvalue weighted by Gasteiger charge is -2.22. The van der Waals surface area contributed by atoms with Gasteiger partial charge < -0.3 is 0 Å². The van der Waals surface area contributed by atoms with Crippen molar-refractivity contribution in [3.63, 3.8) is 0 Å². The molecule has 248 valence electrons. The predicted molar refractivity (Wildman–Crippen MR) is 233 cm³/mol. The monoisotopic (exact) mass is 680 g/mol. The van der Waals surface area contributed by atoms with Crippen LogP contribution in [-0.2, 0) is 0 Å². The van der Waals surface area contributed by atoms with Gasteiger partial charge >= 0.3 is 0 Å². The van der Waals surface area contributed by atoms with Gasteiger partial charge in [0.2, 0.25) is 0 Å². The highest BCUT2D eigenvalue weighted by Crippen LogP contribution is 2.49. The molecule has 0 aromatic heterocycles. The van der Waals surface area contributed by atoms with Crippen molar-refractivity contribution in [2.45, 2.75) is 0 Å². The summed E-state index contributed by atoms with van der Waals surface area (Å²) in [5, 5.41) is 18.2. The quantitative estimate of drug-likeness (QED) is 0.162. The minimum absolute atomic E-state index is 1.21. The van der Waals surface area contributed by atoms with Crippen molar-refractivity contribution in [3.8, 4) is 44.5 Å². The number of fused-ring (bicyclic) bond motifs is 1. The summed E-state index contributed by atoms with van der Waals surface area (Å²) in [7, 11) is 0. The summed E-state index contributed by atoms with van der Waals surface area (Å²) in [5.74, 6) is 0. The fourth-order valence-corrected chi connectivity index (χ4v) is 9.53. The van der Waals surface area contributed by atoms with Gasteiger partial charge in [0.1, 0.15) is 0 Å². The molecular weight excluding hydrogens is 649 g/mol. The molecule has 0 N–H and O–H groups in total. The Morgan fingerprint density at radius 1 is 0.204 bits per heavy atom. The van der Waals surface area contributed by atoms with Crippen molar-refractivity contribution in [1.82, 2.24) is 0 Å². The van der Waals surface area contributed by atoms with E-state index in [9.17, 15) is 0 Å². The van der Waals surface area contributed by atoms with Gasteiger partial charge in [-0.15, -0.1) is 0 Å². The lowest BCUT2D eigenvalue weighted by molar-refractivity contribution is 1.59. The van der Waals surface area contributed by atoms with E-state index >= 15 is 0 Å². The largest absolute Gasteiger partial charge is 0.0622 e. The van der Waals surface area contributed by atoms with Crippen LogP contribution in [0.3, 0.4) is 0 Å². The smallest absolute Gasteiger partial charge is 0.00143 e. The number of hydrogen-bond acceptors (Lipinski definition) is 0. The van der Waals surface area contributed by atoms with E-state index in [1.807, 2.05) is 0 Å². The van der Waals surface area contributed by atoms with Crippen molar-refractivity contribution < 1.29 is 0 Å². The third kappa shape index (κ3) is 4.20. The highest BCUT2D eigenvalue weighted by Gasteiger charge is 2.22. The lowest BCUT2D eigenvalue weighted by atomic mass is 9.81. The molecule has 0 unspecified atom stereocenters. The molecule has 0 amide bonds. The Morgan fingerprint density at radius 2 is 0.648 bits per heavy atom. The van der Waals surface area contributed by atoms with E-state index in [1.54, 1.807) is 0 Å². The highest BCUT2D eigenvalue weighted by molar-refractivity contribution is 6.28. The molecule has 12 aromatic carbocycles. The molecular formula is C54H32. The molecule has 0 atom stereocenters. The van der Waals surface area contributed by atoms with Crippen molar-refractivity contribution in [2.75, 3.05) is 0 Å².